The molecular weight excluding hydrogens is 484 g/mol. The molecule has 8 heteroatoms. The van der Waals surface area contributed by atoms with Gasteiger partial charge in [0.25, 0.3) is 0 Å². The van der Waals surface area contributed by atoms with Crippen LogP contribution >= 0.6 is 0 Å². The fourth-order valence-corrected chi connectivity index (χ4v) is 4.48. The van der Waals surface area contributed by atoms with Crippen LogP contribution in [0.1, 0.15) is 84.5 Å². The van der Waals surface area contributed by atoms with Gasteiger partial charge in [0.1, 0.15) is 11.1 Å². The zero-order valence-corrected chi connectivity index (χ0v) is 23.2. The van der Waals surface area contributed by atoms with E-state index >= 15 is 0 Å². The van der Waals surface area contributed by atoms with Crippen LogP contribution in [0.25, 0.3) is 11.1 Å². The van der Waals surface area contributed by atoms with Crippen molar-refractivity contribution in [3.8, 4) is 11.8 Å². The quantitative estimate of drug-likeness (QED) is 0.416. The molecule has 0 aliphatic heterocycles. The maximum Gasteiger partial charge on any atom is 0.343 e. The van der Waals surface area contributed by atoms with Gasteiger partial charge in [-0.2, -0.15) is 0 Å². The Morgan fingerprint density at radius 3 is 1.37 bits per heavy atom. The second kappa shape index (κ2) is 13.7. The van der Waals surface area contributed by atoms with Gasteiger partial charge in [-0.3, -0.25) is 0 Å². The fraction of sp³-hybridized carbons (Fsp3) is 0.467. The predicted molar refractivity (Wildman–Crippen MR) is 146 cm³/mol. The highest BCUT2D eigenvalue weighted by atomic mass is 16.5. The molecule has 0 amide bonds. The van der Waals surface area contributed by atoms with Crippen molar-refractivity contribution in [2.24, 2.45) is 11.8 Å². The van der Waals surface area contributed by atoms with Crippen molar-refractivity contribution >= 4 is 23.1 Å². The van der Waals surface area contributed by atoms with E-state index in [9.17, 15) is 9.59 Å². The Morgan fingerprint density at radius 2 is 1.08 bits per heavy atom. The van der Waals surface area contributed by atoms with E-state index in [1.54, 1.807) is 12.1 Å². The van der Waals surface area contributed by atoms with Crippen LogP contribution in [-0.2, 0) is 9.47 Å². The Bertz CT molecular complexity index is 1110. The van der Waals surface area contributed by atoms with Crippen LogP contribution in [0.5, 0.6) is 11.8 Å². The molecule has 0 fully saturated rings. The molecule has 0 bridgehead atoms. The number of carbonyl (C=O) groups excluding carboxylic acids is 2. The van der Waals surface area contributed by atoms with Crippen molar-refractivity contribution in [2.45, 2.75) is 52.4 Å². The maximum absolute atomic E-state index is 11.6. The molecule has 2 atom stereocenters. The van der Waals surface area contributed by atoms with E-state index in [2.05, 4.69) is 36.0 Å². The smallest absolute Gasteiger partial charge is 0.343 e. The van der Waals surface area contributed by atoms with E-state index in [0.29, 0.717) is 22.9 Å². The number of aromatic nitrogens is 2. The SMILES string of the molecule is COC(=O)c1ccc(C2=CCC(C)CC2)nc1OC.COC(=O)c1ccc(C2=CCC(C)CC2)nc1OC. The summed E-state index contributed by atoms with van der Waals surface area (Å²) in [6, 6.07) is 7.14. The molecule has 204 valence electrons. The lowest BCUT2D eigenvalue weighted by Gasteiger charge is -2.18. The van der Waals surface area contributed by atoms with Crippen molar-refractivity contribution in [3.63, 3.8) is 0 Å². The van der Waals surface area contributed by atoms with Crippen molar-refractivity contribution < 1.29 is 28.5 Å². The summed E-state index contributed by atoms with van der Waals surface area (Å²) in [7, 11) is 5.72. The first kappa shape index (κ1) is 28.9. The van der Waals surface area contributed by atoms with Gasteiger partial charge < -0.3 is 18.9 Å². The number of esters is 2. The van der Waals surface area contributed by atoms with Gasteiger partial charge in [0.05, 0.1) is 39.8 Å². The number of pyridine rings is 2. The first-order valence-corrected chi connectivity index (χ1v) is 13.0. The standard InChI is InChI=1S/2C15H19NO3/c2*1-10-4-6-11(7-5-10)13-9-8-12(15(17)19-3)14(16-13)18-2/h2*6,8-10H,4-5,7H2,1-3H3. The number of allylic oxidation sites excluding steroid dienone is 4. The summed E-state index contributed by atoms with van der Waals surface area (Å²) >= 11 is 0. The molecule has 2 aliphatic carbocycles. The van der Waals surface area contributed by atoms with Crippen LogP contribution in [0.4, 0.5) is 0 Å². The van der Waals surface area contributed by atoms with Gasteiger partial charge in [-0.25, -0.2) is 19.6 Å². The van der Waals surface area contributed by atoms with E-state index in [1.807, 2.05) is 12.1 Å². The summed E-state index contributed by atoms with van der Waals surface area (Å²) in [5, 5.41) is 0. The van der Waals surface area contributed by atoms with Crippen LogP contribution < -0.4 is 9.47 Å². The first-order valence-electron chi connectivity index (χ1n) is 13.0. The minimum atomic E-state index is -0.429. The van der Waals surface area contributed by atoms with Gasteiger partial charge in [-0.05, 0) is 85.8 Å². The highest BCUT2D eigenvalue weighted by Gasteiger charge is 2.19. The second-order valence-corrected chi connectivity index (χ2v) is 9.71. The topological polar surface area (TPSA) is 96.8 Å². The molecule has 0 spiro atoms. The highest BCUT2D eigenvalue weighted by Crippen LogP contribution is 2.32. The Morgan fingerprint density at radius 1 is 0.684 bits per heavy atom. The third kappa shape index (κ3) is 7.21. The van der Waals surface area contributed by atoms with Gasteiger partial charge >= 0.3 is 11.9 Å². The lowest BCUT2D eigenvalue weighted by atomic mass is 9.89. The van der Waals surface area contributed by atoms with Gasteiger partial charge in [0.2, 0.25) is 11.8 Å². The molecule has 38 heavy (non-hydrogen) atoms. The molecule has 0 radical (unpaired) electrons. The summed E-state index contributed by atoms with van der Waals surface area (Å²) in [4.78, 5) is 32.0. The molecule has 8 nitrogen and oxygen atoms in total. The number of carbonyl (C=O) groups is 2. The average molecular weight is 523 g/mol. The van der Waals surface area contributed by atoms with Gasteiger partial charge in [-0.15, -0.1) is 0 Å². The van der Waals surface area contributed by atoms with Crippen molar-refractivity contribution in [3.05, 3.63) is 58.9 Å². The summed E-state index contributed by atoms with van der Waals surface area (Å²) < 4.78 is 19.8. The molecule has 0 aromatic carbocycles. The number of hydrogen-bond donors (Lipinski definition) is 0. The Labute approximate surface area is 225 Å². The first-order chi connectivity index (χ1) is 18.3. The molecule has 2 unspecified atom stereocenters. The van der Waals surface area contributed by atoms with Crippen LogP contribution in [0.2, 0.25) is 0 Å². The minimum absolute atomic E-state index is 0.323. The predicted octanol–water partition coefficient (Wildman–Crippen LogP) is 6.16. The minimum Gasteiger partial charge on any atom is -0.480 e. The second-order valence-electron chi connectivity index (χ2n) is 9.71. The molecule has 2 aliphatic rings. The van der Waals surface area contributed by atoms with E-state index in [-0.39, 0.29) is 0 Å². The van der Waals surface area contributed by atoms with Crippen molar-refractivity contribution in [1.29, 1.82) is 0 Å². The van der Waals surface area contributed by atoms with E-state index in [1.165, 1.54) is 52.4 Å². The Kier molecular flexibility index (Phi) is 10.4. The lowest BCUT2D eigenvalue weighted by Crippen LogP contribution is -2.08. The van der Waals surface area contributed by atoms with Crippen LogP contribution in [0.3, 0.4) is 0 Å². The number of nitrogens with zero attached hydrogens (tertiary/aromatic N) is 2. The zero-order chi connectivity index (χ0) is 27.7. The molecule has 0 saturated carbocycles. The van der Waals surface area contributed by atoms with E-state index in [4.69, 9.17) is 18.9 Å². The molecular formula is C30H38N2O6. The fourth-order valence-electron chi connectivity index (χ4n) is 4.48. The lowest BCUT2D eigenvalue weighted by molar-refractivity contribution is 0.0587. The van der Waals surface area contributed by atoms with E-state index in [0.717, 1.165) is 48.9 Å². The Hall–Kier alpha value is -3.68. The molecule has 4 rings (SSSR count). The van der Waals surface area contributed by atoms with Crippen molar-refractivity contribution in [2.75, 3.05) is 28.4 Å². The summed E-state index contributed by atoms with van der Waals surface area (Å²) in [5.74, 6) is 1.26. The molecule has 0 N–H and O–H groups in total. The average Bonchev–Trinajstić information content (AvgIpc) is 2.96. The highest BCUT2D eigenvalue weighted by molar-refractivity contribution is 5.92. The third-order valence-corrected chi connectivity index (χ3v) is 6.92. The van der Waals surface area contributed by atoms with E-state index < -0.39 is 11.9 Å². The maximum atomic E-state index is 11.6. The monoisotopic (exact) mass is 522 g/mol. The molecule has 2 aromatic rings. The normalized spacial score (nSPS) is 18.7. The molecule has 2 heterocycles. The van der Waals surface area contributed by atoms with Crippen molar-refractivity contribution in [1.82, 2.24) is 9.97 Å². The van der Waals surface area contributed by atoms with Crippen LogP contribution in [-0.4, -0.2) is 50.3 Å². The van der Waals surface area contributed by atoms with Gasteiger partial charge in [0.15, 0.2) is 0 Å². The molecule has 0 saturated heterocycles. The molecule has 2 aromatic heterocycles. The number of rotatable bonds is 6. The third-order valence-electron chi connectivity index (χ3n) is 6.92. The number of methoxy groups -OCH3 is 4. The summed E-state index contributed by atoms with van der Waals surface area (Å²) in [6.07, 6.45) is 11.0. The number of ether oxygens (including phenoxy) is 4. The number of hydrogen-bond acceptors (Lipinski definition) is 8. The van der Waals surface area contributed by atoms with Gasteiger partial charge in [-0.1, -0.05) is 26.0 Å². The summed E-state index contributed by atoms with van der Waals surface area (Å²) in [6.45, 7) is 4.50. The zero-order valence-electron chi connectivity index (χ0n) is 23.2. The van der Waals surface area contributed by atoms with Crippen LogP contribution in [0, 0.1) is 11.8 Å². The van der Waals surface area contributed by atoms with Crippen LogP contribution in [0.15, 0.2) is 36.4 Å². The summed E-state index contributed by atoms with van der Waals surface area (Å²) in [5.41, 5.74) is 4.95. The Balaban J connectivity index is 0.000000211. The van der Waals surface area contributed by atoms with Gasteiger partial charge in [0, 0.05) is 0 Å². The largest absolute Gasteiger partial charge is 0.480 e.